The van der Waals surface area contributed by atoms with Crippen molar-refractivity contribution in [3.05, 3.63) is 29.3 Å². The maximum atomic E-state index is 12.5. The van der Waals surface area contributed by atoms with Gasteiger partial charge in [0.2, 0.25) is 5.91 Å². The third-order valence-corrected chi connectivity index (χ3v) is 2.68. The van der Waals surface area contributed by atoms with Crippen LogP contribution in [0.2, 0.25) is 0 Å². The number of carbonyl (C=O) groups is 2. The molecule has 0 aliphatic carbocycles. The molecule has 0 spiro atoms. The molecule has 4 nitrogen and oxygen atoms in total. The number of nitrogens with one attached hydrogen (secondary N) is 1. The summed E-state index contributed by atoms with van der Waals surface area (Å²) in [6, 6.07) is 2.09. The van der Waals surface area contributed by atoms with Crippen molar-refractivity contribution in [2.24, 2.45) is 0 Å². The summed E-state index contributed by atoms with van der Waals surface area (Å²) >= 11 is 1.17. The van der Waals surface area contributed by atoms with Crippen LogP contribution in [0.15, 0.2) is 18.2 Å². The highest BCUT2D eigenvalue weighted by Crippen LogP contribution is 2.32. The fourth-order valence-corrected chi connectivity index (χ4v) is 1.66. The number of amides is 1. The van der Waals surface area contributed by atoms with Gasteiger partial charge < -0.3 is 10.4 Å². The van der Waals surface area contributed by atoms with Crippen LogP contribution in [0.1, 0.15) is 15.9 Å². The predicted octanol–water partition coefficient (Wildman–Crippen LogP) is 2.71. The number of aromatic carboxylic acids is 1. The Morgan fingerprint density at radius 3 is 2.47 bits per heavy atom. The zero-order valence-corrected chi connectivity index (χ0v) is 10.6. The van der Waals surface area contributed by atoms with Gasteiger partial charge in [0.15, 0.2) is 0 Å². The Labute approximate surface area is 111 Å². The predicted molar refractivity (Wildman–Crippen MR) is 65.4 cm³/mol. The smallest absolute Gasteiger partial charge is 0.416 e. The Morgan fingerprint density at radius 1 is 1.37 bits per heavy atom. The van der Waals surface area contributed by atoms with Gasteiger partial charge in [0.05, 0.1) is 22.6 Å². The first kappa shape index (κ1) is 15.4. The van der Waals surface area contributed by atoms with E-state index in [0.29, 0.717) is 12.1 Å². The zero-order valence-electron chi connectivity index (χ0n) is 9.75. The van der Waals surface area contributed by atoms with Crippen molar-refractivity contribution in [3.63, 3.8) is 0 Å². The van der Waals surface area contributed by atoms with E-state index in [2.05, 4.69) is 5.32 Å². The molecular formula is C11H10F3NO3S. The third-order valence-electron chi connectivity index (χ3n) is 2.13. The Morgan fingerprint density at radius 2 is 2.00 bits per heavy atom. The van der Waals surface area contributed by atoms with Crippen LogP contribution in [0.4, 0.5) is 18.9 Å². The summed E-state index contributed by atoms with van der Waals surface area (Å²) < 4.78 is 37.6. The highest BCUT2D eigenvalue weighted by Gasteiger charge is 2.31. The van der Waals surface area contributed by atoms with E-state index in [9.17, 15) is 22.8 Å². The summed E-state index contributed by atoms with van der Waals surface area (Å²) in [6.45, 7) is 0. The van der Waals surface area contributed by atoms with Gasteiger partial charge in [-0.2, -0.15) is 24.9 Å². The highest BCUT2D eigenvalue weighted by molar-refractivity contribution is 7.99. The lowest BCUT2D eigenvalue weighted by atomic mass is 10.1. The Hall–Kier alpha value is -1.70. The highest BCUT2D eigenvalue weighted by atomic mass is 32.2. The van der Waals surface area contributed by atoms with Gasteiger partial charge in [-0.05, 0) is 24.5 Å². The van der Waals surface area contributed by atoms with Crippen LogP contribution in [0, 0.1) is 0 Å². The molecular weight excluding hydrogens is 283 g/mol. The summed E-state index contributed by atoms with van der Waals surface area (Å²) in [7, 11) is 0. The number of anilines is 1. The number of thioether (sulfide) groups is 1. The lowest BCUT2D eigenvalue weighted by Crippen LogP contribution is -2.17. The molecule has 2 N–H and O–H groups in total. The molecule has 19 heavy (non-hydrogen) atoms. The van der Waals surface area contributed by atoms with Crippen LogP contribution >= 0.6 is 11.8 Å². The normalized spacial score (nSPS) is 11.2. The van der Waals surface area contributed by atoms with E-state index < -0.39 is 23.6 Å². The Kier molecular flexibility index (Phi) is 4.82. The van der Waals surface area contributed by atoms with Gasteiger partial charge in [0, 0.05) is 0 Å². The van der Waals surface area contributed by atoms with Gasteiger partial charge in [-0.15, -0.1) is 0 Å². The van der Waals surface area contributed by atoms with Crippen LogP contribution in [0.3, 0.4) is 0 Å². The van der Waals surface area contributed by atoms with Crippen molar-refractivity contribution in [3.8, 4) is 0 Å². The molecule has 0 heterocycles. The van der Waals surface area contributed by atoms with Crippen molar-refractivity contribution in [2.45, 2.75) is 6.18 Å². The minimum atomic E-state index is -4.60. The molecule has 0 saturated carbocycles. The summed E-state index contributed by atoms with van der Waals surface area (Å²) in [6.07, 6.45) is -2.96. The molecule has 1 aromatic rings. The third kappa shape index (κ3) is 4.16. The molecule has 0 aliphatic rings. The van der Waals surface area contributed by atoms with E-state index in [0.717, 1.165) is 6.07 Å². The monoisotopic (exact) mass is 293 g/mol. The molecule has 0 radical (unpaired) electrons. The van der Waals surface area contributed by atoms with Gasteiger partial charge in [-0.1, -0.05) is 0 Å². The van der Waals surface area contributed by atoms with Gasteiger partial charge in [-0.25, -0.2) is 4.79 Å². The Balaban J connectivity index is 3.16. The molecule has 0 aromatic heterocycles. The van der Waals surface area contributed by atoms with E-state index in [4.69, 9.17) is 5.11 Å². The average molecular weight is 293 g/mol. The summed E-state index contributed by atoms with van der Waals surface area (Å²) in [5, 5.41) is 11.0. The minimum Gasteiger partial charge on any atom is -0.478 e. The molecule has 1 amide bonds. The quantitative estimate of drug-likeness (QED) is 0.895. The number of benzene rings is 1. The standard InChI is InChI=1S/C11H10F3NO3S/c1-19-5-9(16)15-8-4-6(11(12,13)14)2-3-7(8)10(17)18/h2-4H,5H2,1H3,(H,15,16)(H,17,18). The average Bonchev–Trinajstić information content (AvgIpc) is 2.27. The van der Waals surface area contributed by atoms with Crippen LogP contribution in [-0.2, 0) is 11.0 Å². The zero-order chi connectivity index (χ0) is 14.6. The van der Waals surface area contributed by atoms with Gasteiger partial charge in [0.25, 0.3) is 0 Å². The van der Waals surface area contributed by atoms with E-state index >= 15 is 0 Å². The molecule has 0 bridgehead atoms. The van der Waals surface area contributed by atoms with Crippen LogP contribution in [0.25, 0.3) is 0 Å². The van der Waals surface area contributed by atoms with Crippen molar-refractivity contribution >= 4 is 29.3 Å². The molecule has 0 aliphatic heterocycles. The first-order chi connectivity index (χ1) is 8.75. The molecule has 1 aromatic carbocycles. The van der Waals surface area contributed by atoms with Crippen LogP contribution < -0.4 is 5.32 Å². The summed E-state index contributed by atoms with van der Waals surface area (Å²) in [5.41, 5.74) is -1.76. The van der Waals surface area contributed by atoms with Gasteiger partial charge >= 0.3 is 12.1 Å². The van der Waals surface area contributed by atoms with Gasteiger partial charge in [0.1, 0.15) is 0 Å². The fourth-order valence-electron chi connectivity index (χ4n) is 1.33. The van der Waals surface area contributed by atoms with Crippen LogP contribution in [0.5, 0.6) is 0 Å². The minimum absolute atomic E-state index is 0.0231. The molecule has 0 unspecified atom stereocenters. The largest absolute Gasteiger partial charge is 0.478 e. The second-order valence-electron chi connectivity index (χ2n) is 3.54. The van der Waals surface area contributed by atoms with Gasteiger partial charge in [-0.3, -0.25) is 4.79 Å². The van der Waals surface area contributed by atoms with E-state index in [-0.39, 0.29) is 17.0 Å². The SMILES string of the molecule is CSCC(=O)Nc1cc(C(F)(F)F)ccc1C(=O)O. The first-order valence-corrected chi connectivity index (χ1v) is 6.38. The van der Waals surface area contributed by atoms with Crippen molar-refractivity contribution in [1.29, 1.82) is 0 Å². The number of hydrogen-bond acceptors (Lipinski definition) is 3. The number of alkyl halides is 3. The molecule has 1 rings (SSSR count). The van der Waals surface area contributed by atoms with Crippen LogP contribution in [-0.4, -0.2) is 29.0 Å². The number of carboxylic acids is 1. The molecule has 104 valence electrons. The van der Waals surface area contributed by atoms with E-state index in [1.165, 1.54) is 11.8 Å². The topological polar surface area (TPSA) is 66.4 Å². The number of carbonyl (C=O) groups excluding carboxylic acids is 1. The van der Waals surface area contributed by atoms with E-state index in [1.54, 1.807) is 6.26 Å². The fraction of sp³-hybridized carbons (Fsp3) is 0.273. The molecule has 0 fully saturated rings. The van der Waals surface area contributed by atoms with Crippen molar-refractivity contribution in [1.82, 2.24) is 0 Å². The van der Waals surface area contributed by atoms with E-state index in [1.807, 2.05) is 0 Å². The van der Waals surface area contributed by atoms with Crippen molar-refractivity contribution < 1.29 is 27.9 Å². The number of hydrogen-bond donors (Lipinski definition) is 2. The second kappa shape index (κ2) is 5.96. The number of rotatable bonds is 4. The maximum absolute atomic E-state index is 12.5. The second-order valence-corrected chi connectivity index (χ2v) is 4.41. The summed E-state index contributed by atoms with van der Waals surface area (Å²) in [5.74, 6) is -1.95. The maximum Gasteiger partial charge on any atom is 0.416 e. The molecule has 8 heteroatoms. The number of carboxylic acid groups (broad SMARTS) is 1. The summed E-state index contributed by atoms with van der Waals surface area (Å²) in [4.78, 5) is 22.2. The van der Waals surface area contributed by atoms with Crippen molar-refractivity contribution in [2.75, 3.05) is 17.3 Å². The molecule has 0 saturated heterocycles. The Bertz CT molecular complexity index is 502. The lowest BCUT2D eigenvalue weighted by Gasteiger charge is -2.12. The number of halogens is 3. The lowest BCUT2D eigenvalue weighted by molar-refractivity contribution is -0.137. The molecule has 0 atom stereocenters. The first-order valence-electron chi connectivity index (χ1n) is 4.99.